The maximum absolute atomic E-state index is 12.3. The van der Waals surface area contributed by atoms with Crippen molar-refractivity contribution in [1.82, 2.24) is 15.6 Å². The molecule has 2 fully saturated rings. The van der Waals surface area contributed by atoms with E-state index in [0.29, 0.717) is 31.7 Å². The summed E-state index contributed by atoms with van der Waals surface area (Å²) < 4.78 is 11.2. The van der Waals surface area contributed by atoms with Gasteiger partial charge in [-0.25, -0.2) is 0 Å². The molecule has 0 aliphatic carbocycles. The molecule has 0 bridgehead atoms. The Labute approximate surface area is 165 Å². The largest absolute Gasteiger partial charge is 0.394 e. The zero-order chi connectivity index (χ0) is 19.8. The maximum atomic E-state index is 12.3. The average molecular weight is 391 g/mol. The summed E-state index contributed by atoms with van der Waals surface area (Å²) in [5.41, 5.74) is 0.532. The molecule has 154 valence electrons. The average Bonchev–Trinajstić information content (AvgIpc) is 2.75. The third kappa shape index (κ3) is 5.73. The second kappa shape index (κ2) is 10.5. The zero-order valence-electron chi connectivity index (χ0n) is 16.0. The van der Waals surface area contributed by atoms with E-state index in [-0.39, 0.29) is 36.5 Å². The minimum absolute atomic E-state index is 0.0405. The van der Waals surface area contributed by atoms with E-state index in [1.54, 1.807) is 24.5 Å². The lowest BCUT2D eigenvalue weighted by atomic mass is 9.96. The van der Waals surface area contributed by atoms with E-state index >= 15 is 0 Å². The molecule has 3 rings (SSSR count). The highest BCUT2D eigenvalue weighted by Gasteiger charge is 2.32. The minimum atomic E-state index is -0.448. The van der Waals surface area contributed by atoms with E-state index in [0.717, 1.165) is 25.7 Å². The Bertz CT molecular complexity index is 636. The van der Waals surface area contributed by atoms with Crippen LogP contribution in [0.1, 0.15) is 42.5 Å². The van der Waals surface area contributed by atoms with Crippen molar-refractivity contribution in [2.75, 3.05) is 26.4 Å². The SMILES string of the molecule is O=C(N[C@H]1CC[C@H](CCNC(=O)C2CCOCC2)O[C@H]1CO)c1ccncc1. The molecule has 8 nitrogen and oxygen atoms in total. The van der Waals surface area contributed by atoms with Gasteiger partial charge in [0.1, 0.15) is 6.10 Å². The Morgan fingerprint density at radius 1 is 1.14 bits per heavy atom. The van der Waals surface area contributed by atoms with Crippen LogP contribution in [0.3, 0.4) is 0 Å². The normalized spacial score (nSPS) is 25.8. The van der Waals surface area contributed by atoms with Gasteiger partial charge in [0, 0.05) is 43.6 Å². The van der Waals surface area contributed by atoms with Crippen molar-refractivity contribution in [1.29, 1.82) is 0 Å². The molecule has 0 radical (unpaired) electrons. The van der Waals surface area contributed by atoms with Gasteiger partial charge in [-0.15, -0.1) is 0 Å². The summed E-state index contributed by atoms with van der Waals surface area (Å²) in [6.07, 6.45) is 6.38. The number of carbonyl (C=O) groups excluding carboxylic acids is 2. The number of nitrogens with one attached hydrogen (secondary N) is 2. The van der Waals surface area contributed by atoms with E-state index in [1.165, 1.54) is 0 Å². The van der Waals surface area contributed by atoms with E-state index in [9.17, 15) is 14.7 Å². The highest BCUT2D eigenvalue weighted by molar-refractivity contribution is 5.94. The van der Waals surface area contributed by atoms with Crippen molar-refractivity contribution < 1.29 is 24.2 Å². The van der Waals surface area contributed by atoms with Crippen molar-refractivity contribution in [3.05, 3.63) is 30.1 Å². The maximum Gasteiger partial charge on any atom is 0.251 e. The minimum Gasteiger partial charge on any atom is -0.394 e. The van der Waals surface area contributed by atoms with Gasteiger partial charge >= 0.3 is 0 Å². The Morgan fingerprint density at radius 3 is 2.61 bits per heavy atom. The number of ether oxygens (including phenoxy) is 2. The second-order valence-corrected chi connectivity index (χ2v) is 7.34. The van der Waals surface area contributed by atoms with Gasteiger partial charge < -0.3 is 25.2 Å². The van der Waals surface area contributed by atoms with Gasteiger partial charge in [-0.05, 0) is 44.2 Å². The smallest absolute Gasteiger partial charge is 0.251 e. The lowest BCUT2D eigenvalue weighted by Crippen LogP contribution is -2.51. The van der Waals surface area contributed by atoms with Crippen LogP contribution >= 0.6 is 0 Å². The molecule has 3 heterocycles. The predicted octanol–water partition coefficient (Wildman–Crippen LogP) is 0.653. The molecule has 2 saturated heterocycles. The predicted molar refractivity (Wildman–Crippen MR) is 102 cm³/mol. The molecular formula is C20H29N3O5. The molecule has 8 heteroatoms. The topological polar surface area (TPSA) is 110 Å². The van der Waals surface area contributed by atoms with Gasteiger partial charge in [0.25, 0.3) is 5.91 Å². The number of hydrogen-bond acceptors (Lipinski definition) is 6. The number of pyridine rings is 1. The molecule has 28 heavy (non-hydrogen) atoms. The second-order valence-electron chi connectivity index (χ2n) is 7.34. The van der Waals surface area contributed by atoms with Crippen LogP contribution in [0.15, 0.2) is 24.5 Å². The zero-order valence-corrected chi connectivity index (χ0v) is 16.0. The van der Waals surface area contributed by atoms with Crippen LogP contribution in [-0.2, 0) is 14.3 Å². The van der Waals surface area contributed by atoms with Crippen LogP contribution in [0, 0.1) is 5.92 Å². The molecule has 0 unspecified atom stereocenters. The van der Waals surface area contributed by atoms with Crippen LogP contribution in [0.4, 0.5) is 0 Å². The van der Waals surface area contributed by atoms with Gasteiger partial charge in [0.2, 0.25) is 5.91 Å². The van der Waals surface area contributed by atoms with Crippen LogP contribution < -0.4 is 10.6 Å². The third-order valence-corrected chi connectivity index (χ3v) is 5.41. The number of hydrogen-bond donors (Lipinski definition) is 3. The summed E-state index contributed by atoms with van der Waals surface area (Å²) in [6, 6.07) is 3.06. The van der Waals surface area contributed by atoms with Crippen molar-refractivity contribution in [2.45, 2.75) is 50.4 Å². The van der Waals surface area contributed by atoms with Gasteiger partial charge in [0.15, 0.2) is 0 Å². The van der Waals surface area contributed by atoms with E-state index < -0.39 is 6.10 Å². The van der Waals surface area contributed by atoms with E-state index in [1.807, 2.05) is 0 Å². The molecule has 3 atom stereocenters. The molecule has 2 amide bonds. The Balaban J connectivity index is 1.41. The summed E-state index contributed by atoms with van der Waals surface area (Å²) in [5, 5.41) is 15.6. The first-order valence-corrected chi connectivity index (χ1v) is 10.00. The fourth-order valence-corrected chi connectivity index (χ4v) is 3.72. The summed E-state index contributed by atoms with van der Waals surface area (Å²) in [4.78, 5) is 28.4. The summed E-state index contributed by atoms with van der Waals surface area (Å²) in [7, 11) is 0. The Morgan fingerprint density at radius 2 is 1.89 bits per heavy atom. The summed E-state index contributed by atoms with van der Waals surface area (Å²) >= 11 is 0. The van der Waals surface area contributed by atoms with Crippen LogP contribution in [0.25, 0.3) is 0 Å². The van der Waals surface area contributed by atoms with Crippen molar-refractivity contribution >= 4 is 11.8 Å². The Hall–Kier alpha value is -2.03. The van der Waals surface area contributed by atoms with Crippen molar-refractivity contribution in [2.24, 2.45) is 5.92 Å². The first kappa shape index (κ1) is 20.7. The number of amides is 2. The van der Waals surface area contributed by atoms with Crippen LogP contribution in [-0.4, -0.2) is 66.5 Å². The molecule has 1 aromatic heterocycles. The van der Waals surface area contributed by atoms with E-state index in [4.69, 9.17) is 9.47 Å². The van der Waals surface area contributed by atoms with Crippen molar-refractivity contribution in [3.63, 3.8) is 0 Å². The van der Waals surface area contributed by atoms with Gasteiger partial charge in [-0.2, -0.15) is 0 Å². The standard InChI is InChI=1S/C20H29N3O5/c24-13-18-17(23-20(26)14-3-8-21-9-4-14)2-1-16(28-18)5-10-22-19(25)15-6-11-27-12-7-15/h3-4,8-9,15-18,24H,1-2,5-7,10-13H2,(H,22,25)(H,23,26)/t16-,17+,18+/m1/s1. The molecule has 3 N–H and O–H groups in total. The van der Waals surface area contributed by atoms with Crippen LogP contribution in [0.2, 0.25) is 0 Å². The molecule has 0 saturated carbocycles. The highest BCUT2D eigenvalue weighted by atomic mass is 16.5. The molecule has 2 aliphatic rings. The quantitative estimate of drug-likeness (QED) is 0.630. The molecule has 2 aliphatic heterocycles. The number of aliphatic hydroxyl groups excluding tert-OH is 1. The van der Waals surface area contributed by atoms with Gasteiger partial charge in [-0.1, -0.05) is 0 Å². The lowest BCUT2D eigenvalue weighted by molar-refractivity contribution is -0.128. The first-order chi connectivity index (χ1) is 13.7. The Kier molecular flexibility index (Phi) is 7.76. The number of rotatable bonds is 7. The van der Waals surface area contributed by atoms with E-state index in [2.05, 4.69) is 15.6 Å². The highest BCUT2D eigenvalue weighted by Crippen LogP contribution is 2.22. The number of nitrogens with zero attached hydrogens (tertiary/aromatic N) is 1. The first-order valence-electron chi connectivity index (χ1n) is 10.00. The lowest BCUT2D eigenvalue weighted by Gasteiger charge is -2.36. The fraction of sp³-hybridized carbons (Fsp3) is 0.650. The fourth-order valence-electron chi connectivity index (χ4n) is 3.72. The van der Waals surface area contributed by atoms with Crippen LogP contribution in [0.5, 0.6) is 0 Å². The third-order valence-electron chi connectivity index (χ3n) is 5.41. The monoisotopic (exact) mass is 391 g/mol. The number of carbonyl (C=O) groups is 2. The number of aromatic nitrogens is 1. The molecule has 0 aromatic carbocycles. The molecular weight excluding hydrogens is 362 g/mol. The van der Waals surface area contributed by atoms with Gasteiger partial charge in [-0.3, -0.25) is 14.6 Å². The number of aliphatic hydroxyl groups is 1. The molecule has 0 spiro atoms. The summed E-state index contributed by atoms with van der Waals surface area (Å²) in [5.74, 6) is -0.0732. The summed E-state index contributed by atoms with van der Waals surface area (Å²) in [6.45, 7) is 1.68. The molecule has 1 aromatic rings. The van der Waals surface area contributed by atoms with Gasteiger partial charge in [0.05, 0.1) is 18.8 Å². The van der Waals surface area contributed by atoms with Crippen molar-refractivity contribution in [3.8, 4) is 0 Å².